The Morgan fingerprint density at radius 2 is 2.00 bits per heavy atom. The number of ether oxygens (including phenoxy) is 2. The Hall–Kier alpha value is -2.18. The fraction of sp³-hybridized carbons (Fsp3) is 0.583. The molecule has 1 aliphatic rings. The maximum Gasteiger partial charge on any atom is 0.230 e. The highest BCUT2D eigenvalue weighted by atomic mass is 16.5. The number of allylic oxidation sites excluding steroid dienone is 1. The number of nitrogens with one attached hydrogen (secondary N) is 1. The lowest BCUT2D eigenvalue weighted by Gasteiger charge is -2.20. The van der Waals surface area contributed by atoms with E-state index in [0.29, 0.717) is 32.6 Å². The summed E-state index contributed by atoms with van der Waals surface area (Å²) in [5.74, 6) is 0.110. The van der Waals surface area contributed by atoms with E-state index in [9.17, 15) is 14.7 Å². The summed E-state index contributed by atoms with van der Waals surface area (Å²) in [5, 5.41) is 13.1. The van der Waals surface area contributed by atoms with Gasteiger partial charge < -0.3 is 19.9 Å². The van der Waals surface area contributed by atoms with Crippen molar-refractivity contribution in [3.63, 3.8) is 0 Å². The SMILES string of the molecule is COc1ccc(COC/C=C(/C)CC[C@@H](O)CC(=O)[C@@H]2C(=O)NC[C@@H]2C(C)C)cc1. The van der Waals surface area contributed by atoms with Gasteiger partial charge in [0.2, 0.25) is 5.91 Å². The van der Waals surface area contributed by atoms with Gasteiger partial charge in [-0.05, 0) is 49.3 Å². The van der Waals surface area contributed by atoms with Crippen molar-refractivity contribution >= 4 is 11.7 Å². The van der Waals surface area contributed by atoms with Gasteiger partial charge in [-0.25, -0.2) is 0 Å². The number of carbonyl (C=O) groups is 2. The average Bonchev–Trinajstić information content (AvgIpc) is 3.12. The van der Waals surface area contributed by atoms with Crippen LogP contribution in [0.4, 0.5) is 0 Å². The highest BCUT2D eigenvalue weighted by molar-refractivity contribution is 6.03. The largest absolute Gasteiger partial charge is 0.497 e. The summed E-state index contributed by atoms with van der Waals surface area (Å²) in [5.41, 5.74) is 2.18. The van der Waals surface area contributed by atoms with Crippen LogP contribution in [0.15, 0.2) is 35.9 Å². The molecule has 2 rings (SSSR count). The van der Waals surface area contributed by atoms with Crippen LogP contribution in [0, 0.1) is 17.8 Å². The molecule has 0 bridgehead atoms. The molecule has 0 aliphatic carbocycles. The number of aliphatic hydroxyl groups excluding tert-OH is 1. The molecule has 0 aromatic heterocycles. The number of amides is 1. The molecule has 30 heavy (non-hydrogen) atoms. The molecule has 1 aliphatic heterocycles. The second-order valence-electron chi connectivity index (χ2n) is 8.41. The molecule has 6 heteroatoms. The first kappa shape index (κ1) is 24.1. The van der Waals surface area contributed by atoms with Crippen molar-refractivity contribution in [3.05, 3.63) is 41.5 Å². The Kier molecular flexibility index (Phi) is 9.53. The predicted molar refractivity (Wildman–Crippen MR) is 116 cm³/mol. The smallest absolute Gasteiger partial charge is 0.230 e. The zero-order valence-corrected chi connectivity index (χ0v) is 18.5. The number of hydrogen-bond donors (Lipinski definition) is 2. The van der Waals surface area contributed by atoms with E-state index >= 15 is 0 Å². The van der Waals surface area contributed by atoms with E-state index in [1.54, 1.807) is 7.11 Å². The number of hydrogen-bond acceptors (Lipinski definition) is 5. The van der Waals surface area contributed by atoms with Crippen molar-refractivity contribution in [2.45, 2.75) is 52.7 Å². The van der Waals surface area contributed by atoms with Crippen molar-refractivity contribution < 1.29 is 24.2 Å². The van der Waals surface area contributed by atoms with Crippen LogP contribution in [0.5, 0.6) is 5.75 Å². The Morgan fingerprint density at radius 3 is 2.63 bits per heavy atom. The molecule has 1 fully saturated rings. The number of Topliss-reactive ketones (excluding diaryl/α,β-unsaturated/α-hetero) is 1. The number of carbonyl (C=O) groups excluding carboxylic acids is 2. The minimum absolute atomic E-state index is 0.0154. The maximum absolute atomic E-state index is 12.5. The summed E-state index contributed by atoms with van der Waals surface area (Å²) < 4.78 is 10.8. The average molecular weight is 418 g/mol. The van der Waals surface area contributed by atoms with Gasteiger partial charge in [0.1, 0.15) is 17.5 Å². The predicted octanol–water partition coefficient (Wildman–Crippen LogP) is 3.28. The van der Waals surface area contributed by atoms with Crippen molar-refractivity contribution in [3.8, 4) is 5.75 Å². The van der Waals surface area contributed by atoms with Gasteiger partial charge in [0.05, 0.1) is 26.4 Å². The molecule has 0 radical (unpaired) electrons. The standard InChI is InChI=1S/C24H35NO5/c1-16(2)21-14-25-24(28)23(21)22(27)13-19(26)8-5-17(3)11-12-30-15-18-6-9-20(29-4)10-7-18/h6-7,9-11,16,19,21,23,26H,5,8,12-15H2,1-4H3,(H,25,28)/b17-11-/t19-,21-,23-/m1/s1. The molecule has 1 heterocycles. The monoisotopic (exact) mass is 417 g/mol. The van der Waals surface area contributed by atoms with Gasteiger partial charge >= 0.3 is 0 Å². The third kappa shape index (κ3) is 7.26. The minimum Gasteiger partial charge on any atom is -0.497 e. The fourth-order valence-corrected chi connectivity index (χ4v) is 3.70. The van der Waals surface area contributed by atoms with Gasteiger partial charge in [-0.1, -0.05) is 37.6 Å². The molecule has 1 saturated heterocycles. The lowest BCUT2D eigenvalue weighted by molar-refractivity contribution is -0.134. The van der Waals surface area contributed by atoms with Crippen LogP contribution in [0.1, 0.15) is 45.6 Å². The lowest BCUT2D eigenvalue weighted by atomic mass is 9.81. The molecule has 3 atom stereocenters. The molecule has 2 N–H and O–H groups in total. The maximum atomic E-state index is 12.5. The lowest BCUT2D eigenvalue weighted by Crippen LogP contribution is -2.32. The quantitative estimate of drug-likeness (QED) is 0.310. The van der Waals surface area contributed by atoms with Gasteiger partial charge in [0.25, 0.3) is 0 Å². The van der Waals surface area contributed by atoms with Crippen LogP contribution in [0.3, 0.4) is 0 Å². The zero-order chi connectivity index (χ0) is 22.1. The Bertz CT molecular complexity index is 726. The number of rotatable bonds is 12. The first-order valence-corrected chi connectivity index (χ1v) is 10.7. The van der Waals surface area contributed by atoms with Gasteiger partial charge in [-0.15, -0.1) is 0 Å². The highest BCUT2D eigenvalue weighted by Crippen LogP contribution is 2.28. The van der Waals surface area contributed by atoms with Crippen LogP contribution in [0.2, 0.25) is 0 Å². The van der Waals surface area contributed by atoms with E-state index in [4.69, 9.17) is 9.47 Å². The molecular formula is C24H35NO5. The van der Waals surface area contributed by atoms with Gasteiger partial charge in [-0.3, -0.25) is 9.59 Å². The number of aliphatic hydroxyl groups is 1. The molecule has 0 unspecified atom stereocenters. The highest BCUT2D eigenvalue weighted by Gasteiger charge is 2.41. The molecule has 1 aromatic rings. The van der Waals surface area contributed by atoms with Gasteiger partial charge in [0, 0.05) is 13.0 Å². The van der Waals surface area contributed by atoms with Crippen molar-refractivity contribution in [2.75, 3.05) is 20.3 Å². The van der Waals surface area contributed by atoms with Crippen LogP contribution >= 0.6 is 0 Å². The van der Waals surface area contributed by atoms with E-state index in [1.807, 2.05) is 51.1 Å². The molecule has 0 spiro atoms. The number of ketones is 1. The topological polar surface area (TPSA) is 84.9 Å². The Labute approximate surface area is 179 Å². The third-order valence-corrected chi connectivity index (χ3v) is 5.71. The van der Waals surface area contributed by atoms with Crippen molar-refractivity contribution in [2.24, 2.45) is 17.8 Å². The van der Waals surface area contributed by atoms with Crippen molar-refractivity contribution in [1.29, 1.82) is 0 Å². The third-order valence-electron chi connectivity index (χ3n) is 5.71. The first-order chi connectivity index (χ1) is 14.3. The molecule has 0 saturated carbocycles. The minimum atomic E-state index is -0.734. The Morgan fingerprint density at radius 1 is 1.30 bits per heavy atom. The van der Waals surface area contributed by atoms with Gasteiger partial charge in [0.15, 0.2) is 0 Å². The van der Waals surface area contributed by atoms with E-state index in [2.05, 4.69) is 5.32 Å². The van der Waals surface area contributed by atoms with E-state index in [0.717, 1.165) is 16.9 Å². The molecule has 166 valence electrons. The normalized spacial score (nSPS) is 20.3. The van der Waals surface area contributed by atoms with E-state index < -0.39 is 12.0 Å². The second-order valence-corrected chi connectivity index (χ2v) is 8.41. The summed E-state index contributed by atoms with van der Waals surface area (Å²) in [4.78, 5) is 24.6. The summed E-state index contributed by atoms with van der Waals surface area (Å²) in [6.45, 7) is 7.58. The van der Waals surface area contributed by atoms with E-state index in [-0.39, 0.29) is 29.9 Å². The van der Waals surface area contributed by atoms with Crippen LogP contribution in [-0.2, 0) is 20.9 Å². The molecule has 6 nitrogen and oxygen atoms in total. The summed E-state index contributed by atoms with van der Waals surface area (Å²) in [7, 11) is 1.64. The number of benzene rings is 1. The fourth-order valence-electron chi connectivity index (χ4n) is 3.70. The summed E-state index contributed by atoms with van der Waals surface area (Å²) in [6, 6.07) is 7.75. The first-order valence-electron chi connectivity index (χ1n) is 10.7. The molecule has 1 amide bonds. The summed E-state index contributed by atoms with van der Waals surface area (Å²) >= 11 is 0. The van der Waals surface area contributed by atoms with Gasteiger partial charge in [-0.2, -0.15) is 0 Å². The van der Waals surface area contributed by atoms with Crippen LogP contribution < -0.4 is 10.1 Å². The van der Waals surface area contributed by atoms with Crippen molar-refractivity contribution in [1.82, 2.24) is 5.32 Å². The van der Waals surface area contributed by atoms with Crippen LogP contribution in [0.25, 0.3) is 0 Å². The Balaban J connectivity index is 1.69. The number of methoxy groups -OCH3 is 1. The summed E-state index contributed by atoms with van der Waals surface area (Å²) in [6.07, 6.45) is 2.47. The van der Waals surface area contributed by atoms with E-state index in [1.165, 1.54) is 0 Å². The second kappa shape index (κ2) is 11.9. The molecule has 1 aromatic carbocycles. The van der Waals surface area contributed by atoms with Crippen LogP contribution in [-0.4, -0.2) is 43.2 Å². The molecular weight excluding hydrogens is 382 g/mol. The zero-order valence-electron chi connectivity index (χ0n) is 18.5.